The summed E-state index contributed by atoms with van der Waals surface area (Å²) < 4.78 is 9.75. The SMILES string of the molecule is CCc1nsc(NCCOc2ccc(N)cc2)n1. The summed E-state index contributed by atoms with van der Waals surface area (Å²) in [6.45, 7) is 3.31. The van der Waals surface area contributed by atoms with Crippen LogP contribution in [0.15, 0.2) is 24.3 Å². The Morgan fingerprint density at radius 2 is 2.11 bits per heavy atom. The predicted octanol–water partition coefficient (Wildman–Crippen LogP) is 2.17. The second-order valence-corrected chi connectivity index (χ2v) is 4.47. The Balaban J connectivity index is 1.71. The average molecular weight is 264 g/mol. The first-order valence-electron chi connectivity index (χ1n) is 5.82. The van der Waals surface area contributed by atoms with Crippen LogP contribution < -0.4 is 15.8 Å². The summed E-state index contributed by atoms with van der Waals surface area (Å²) in [5.74, 6) is 1.69. The van der Waals surface area contributed by atoms with Gasteiger partial charge in [-0.15, -0.1) is 0 Å². The van der Waals surface area contributed by atoms with Crippen molar-refractivity contribution in [3.05, 3.63) is 30.1 Å². The molecule has 0 spiro atoms. The molecular formula is C12H16N4OS. The average Bonchev–Trinajstić information content (AvgIpc) is 2.85. The van der Waals surface area contributed by atoms with Crippen molar-refractivity contribution in [2.24, 2.45) is 0 Å². The van der Waals surface area contributed by atoms with Crippen LogP contribution in [-0.2, 0) is 6.42 Å². The number of nitrogens with two attached hydrogens (primary N) is 1. The highest BCUT2D eigenvalue weighted by molar-refractivity contribution is 7.09. The first-order valence-corrected chi connectivity index (χ1v) is 6.60. The molecule has 6 heteroatoms. The van der Waals surface area contributed by atoms with E-state index in [1.165, 1.54) is 11.5 Å². The lowest BCUT2D eigenvalue weighted by Crippen LogP contribution is -2.11. The molecule has 0 atom stereocenters. The fourth-order valence-corrected chi connectivity index (χ4v) is 2.03. The Bertz CT molecular complexity index is 483. The molecule has 1 aromatic carbocycles. The van der Waals surface area contributed by atoms with Gasteiger partial charge in [-0.3, -0.25) is 0 Å². The Morgan fingerprint density at radius 1 is 1.33 bits per heavy atom. The maximum atomic E-state index is 5.59. The van der Waals surface area contributed by atoms with Gasteiger partial charge in [-0.05, 0) is 24.3 Å². The van der Waals surface area contributed by atoms with E-state index in [1.54, 1.807) is 0 Å². The van der Waals surface area contributed by atoms with Crippen molar-refractivity contribution in [2.45, 2.75) is 13.3 Å². The van der Waals surface area contributed by atoms with Crippen LogP contribution in [0.3, 0.4) is 0 Å². The topological polar surface area (TPSA) is 73.1 Å². The minimum atomic E-state index is 0.574. The van der Waals surface area contributed by atoms with Gasteiger partial charge in [-0.25, -0.2) is 4.98 Å². The van der Waals surface area contributed by atoms with Crippen molar-refractivity contribution in [1.29, 1.82) is 0 Å². The number of aromatic nitrogens is 2. The summed E-state index contributed by atoms with van der Waals surface area (Å²) in [5, 5.41) is 4.02. The van der Waals surface area contributed by atoms with Gasteiger partial charge in [0, 0.05) is 23.6 Å². The van der Waals surface area contributed by atoms with Crippen LogP contribution >= 0.6 is 11.5 Å². The lowest BCUT2D eigenvalue weighted by atomic mass is 10.3. The summed E-state index contributed by atoms with van der Waals surface area (Å²) in [6, 6.07) is 7.35. The van der Waals surface area contributed by atoms with E-state index in [-0.39, 0.29) is 0 Å². The minimum Gasteiger partial charge on any atom is -0.492 e. The van der Waals surface area contributed by atoms with Crippen molar-refractivity contribution in [1.82, 2.24) is 9.36 Å². The highest BCUT2D eigenvalue weighted by atomic mass is 32.1. The zero-order valence-corrected chi connectivity index (χ0v) is 11.0. The molecule has 0 amide bonds. The molecular weight excluding hydrogens is 248 g/mol. The van der Waals surface area contributed by atoms with Crippen LogP contribution in [0, 0.1) is 0 Å². The molecule has 5 nitrogen and oxygen atoms in total. The molecule has 0 saturated carbocycles. The first-order chi connectivity index (χ1) is 8.78. The Morgan fingerprint density at radius 3 is 2.78 bits per heavy atom. The van der Waals surface area contributed by atoms with Gasteiger partial charge in [0.2, 0.25) is 5.13 Å². The number of nitrogens with one attached hydrogen (secondary N) is 1. The number of ether oxygens (including phenoxy) is 1. The highest BCUT2D eigenvalue weighted by Crippen LogP contribution is 2.13. The molecule has 1 heterocycles. The zero-order chi connectivity index (χ0) is 12.8. The van der Waals surface area contributed by atoms with Crippen molar-refractivity contribution in [3.8, 4) is 5.75 Å². The largest absolute Gasteiger partial charge is 0.492 e. The number of rotatable bonds is 6. The molecule has 0 fully saturated rings. The van der Waals surface area contributed by atoms with Crippen molar-refractivity contribution in [2.75, 3.05) is 24.2 Å². The van der Waals surface area contributed by atoms with Gasteiger partial charge < -0.3 is 15.8 Å². The molecule has 0 radical (unpaired) electrons. The van der Waals surface area contributed by atoms with Gasteiger partial charge in [-0.1, -0.05) is 6.92 Å². The van der Waals surface area contributed by atoms with E-state index in [4.69, 9.17) is 10.5 Å². The predicted molar refractivity (Wildman–Crippen MR) is 74.1 cm³/mol. The van der Waals surface area contributed by atoms with Crippen molar-refractivity contribution in [3.63, 3.8) is 0 Å². The van der Waals surface area contributed by atoms with Gasteiger partial charge in [0.25, 0.3) is 0 Å². The lowest BCUT2D eigenvalue weighted by Gasteiger charge is -2.06. The van der Waals surface area contributed by atoms with Gasteiger partial charge in [-0.2, -0.15) is 4.37 Å². The van der Waals surface area contributed by atoms with E-state index in [2.05, 4.69) is 14.7 Å². The van der Waals surface area contributed by atoms with E-state index in [1.807, 2.05) is 31.2 Å². The van der Waals surface area contributed by atoms with E-state index < -0.39 is 0 Å². The molecule has 0 unspecified atom stereocenters. The summed E-state index contributed by atoms with van der Waals surface area (Å²) in [6.07, 6.45) is 0.861. The standard InChI is InChI=1S/C12H16N4OS/c1-2-11-15-12(18-16-11)14-7-8-17-10-5-3-9(13)4-6-10/h3-6H,2,7-8,13H2,1H3,(H,14,15,16). The van der Waals surface area contributed by atoms with Gasteiger partial charge in [0.15, 0.2) is 0 Å². The molecule has 0 bridgehead atoms. The highest BCUT2D eigenvalue weighted by Gasteiger charge is 2.00. The van der Waals surface area contributed by atoms with Crippen LogP contribution in [0.2, 0.25) is 0 Å². The van der Waals surface area contributed by atoms with E-state index in [0.29, 0.717) is 13.2 Å². The third-order valence-electron chi connectivity index (χ3n) is 2.31. The molecule has 2 rings (SSSR count). The summed E-state index contributed by atoms with van der Waals surface area (Å²) in [7, 11) is 0. The third-order valence-corrected chi connectivity index (χ3v) is 3.02. The Kier molecular flexibility index (Phi) is 4.35. The van der Waals surface area contributed by atoms with Gasteiger partial charge in [0.05, 0.1) is 6.54 Å². The zero-order valence-electron chi connectivity index (χ0n) is 10.2. The number of nitrogens with zero attached hydrogens (tertiary/aromatic N) is 2. The van der Waals surface area contributed by atoms with Crippen LogP contribution in [0.25, 0.3) is 0 Å². The van der Waals surface area contributed by atoms with E-state index in [9.17, 15) is 0 Å². The van der Waals surface area contributed by atoms with Gasteiger partial charge >= 0.3 is 0 Å². The molecule has 0 aliphatic rings. The molecule has 3 N–H and O–H groups in total. The smallest absolute Gasteiger partial charge is 0.202 e. The van der Waals surface area contributed by atoms with Gasteiger partial charge in [0.1, 0.15) is 18.2 Å². The Labute approximate surface area is 110 Å². The second-order valence-electron chi connectivity index (χ2n) is 3.71. The monoisotopic (exact) mass is 264 g/mol. The lowest BCUT2D eigenvalue weighted by molar-refractivity contribution is 0.333. The summed E-state index contributed by atoms with van der Waals surface area (Å²) in [4.78, 5) is 4.31. The molecule has 18 heavy (non-hydrogen) atoms. The molecule has 2 aromatic rings. The molecule has 0 aliphatic heterocycles. The summed E-state index contributed by atoms with van der Waals surface area (Å²) >= 11 is 1.38. The minimum absolute atomic E-state index is 0.574. The number of hydrogen-bond acceptors (Lipinski definition) is 6. The number of nitrogen functional groups attached to an aromatic ring is 1. The number of aryl methyl sites for hydroxylation is 1. The summed E-state index contributed by atoms with van der Waals surface area (Å²) in [5.41, 5.74) is 6.33. The quantitative estimate of drug-likeness (QED) is 0.618. The van der Waals surface area contributed by atoms with Crippen LogP contribution in [-0.4, -0.2) is 22.5 Å². The Hall–Kier alpha value is -1.82. The number of hydrogen-bond donors (Lipinski definition) is 2. The van der Waals surface area contributed by atoms with E-state index >= 15 is 0 Å². The van der Waals surface area contributed by atoms with Crippen molar-refractivity contribution >= 4 is 22.4 Å². The first kappa shape index (κ1) is 12.6. The molecule has 1 aromatic heterocycles. The third kappa shape index (κ3) is 3.59. The maximum Gasteiger partial charge on any atom is 0.202 e. The van der Waals surface area contributed by atoms with Crippen LogP contribution in [0.4, 0.5) is 10.8 Å². The van der Waals surface area contributed by atoms with Crippen LogP contribution in [0.5, 0.6) is 5.75 Å². The molecule has 0 saturated heterocycles. The van der Waals surface area contributed by atoms with Crippen LogP contribution in [0.1, 0.15) is 12.7 Å². The maximum absolute atomic E-state index is 5.59. The fourth-order valence-electron chi connectivity index (χ4n) is 1.36. The van der Waals surface area contributed by atoms with Crippen molar-refractivity contribution < 1.29 is 4.74 Å². The van der Waals surface area contributed by atoms with E-state index in [0.717, 1.165) is 28.8 Å². The number of benzene rings is 1. The molecule has 96 valence electrons. The molecule has 0 aliphatic carbocycles. The number of anilines is 2. The fraction of sp³-hybridized carbons (Fsp3) is 0.333. The second kappa shape index (κ2) is 6.20. The normalized spacial score (nSPS) is 10.3.